The second-order valence-electron chi connectivity index (χ2n) is 4.88. The van der Waals surface area contributed by atoms with Gasteiger partial charge in [-0.1, -0.05) is 23.5 Å². The third kappa shape index (κ3) is 2.54. The number of aromatic amines is 1. The summed E-state index contributed by atoms with van der Waals surface area (Å²) in [6.07, 6.45) is 0. The SMILES string of the molecule is COc1ccc(-c2nc(=S)[nH]n2-c2nc3ccccc3s2)cc1. The molecule has 0 aliphatic heterocycles. The molecule has 0 bridgehead atoms. The summed E-state index contributed by atoms with van der Waals surface area (Å²) in [5.74, 6) is 1.53. The average Bonchev–Trinajstić information content (AvgIpc) is 3.18. The van der Waals surface area contributed by atoms with Gasteiger partial charge in [0, 0.05) is 5.56 Å². The minimum Gasteiger partial charge on any atom is -0.497 e. The fourth-order valence-corrected chi connectivity index (χ4v) is 3.45. The predicted octanol–water partition coefficient (Wildman–Crippen LogP) is 4.22. The summed E-state index contributed by atoms with van der Waals surface area (Å²) in [5, 5.41) is 3.89. The van der Waals surface area contributed by atoms with Crippen LogP contribution < -0.4 is 4.74 Å². The monoisotopic (exact) mass is 340 g/mol. The highest BCUT2D eigenvalue weighted by molar-refractivity contribution is 7.71. The lowest BCUT2D eigenvalue weighted by Crippen LogP contribution is -1.98. The van der Waals surface area contributed by atoms with E-state index in [1.54, 1.807) is 18.4 Å². The number of hydrogen-bond donors (Lipinski definition) is 1. The number of hydrogen-bond acceptors (Lipinski definition) is 5. The van der Waals surface area contributed by atoms with Gasteiger partial charge in [0.15, 0.2) is 5.82 Å². The number of H-pyrrole nitrogens is 1. The van der Waals surface area contributed by atoms with E-state index in [-0.39, 0.29) is 0 Å². The Labute approximate surface area is 141 Å². The zero-order valence-corrected chi connectivity index (χ0v) is 13.8. The highest BCUT2D eigenvalue weighted by Gasteiger charge is 2.13. The summed E-state index contributed by atoms with van der Waals surface area (Å²) in [6, 6.07) is 15.7. The van der Waals surface area contributed by atoms with Gasteiger partial charge in [-0.3, -0.25) is 5.10 Å². The van der Waals surface area contributed by atoms with Crippen LogP contribution in [-0.4, -0.2) is 26.9 Å². The fraction of sp³-hybridized carbons (Fsp3) is 0.0625. The van der Waals surface area contributed by atoms with E-state index >= 15 is 0 Å². The topological polar surface area (TPSA) is 55.7 Å². The smallest absolute Gasteiger partial charge is 0.214 e. The number of rotatable bonds is 3. The number of para-hydroxylation sites is 1. The molecule has 0 unspecified atom stereocenters. The molecular weight excluding hydrogens is 328 g/mol. The molecule has 4 rings (SSSR count). The van der Waals surface area contributed by atoms with E-state index in [0.29, 0.717) is 4.77 Å². The van der Waals surface area contributed by atoms with Gasteiger partial charge in [-0.25, -0.2) is 9.67 Å². The Bertz CT molecular complexity index is 997. The van der Waals surface area contributed by atoms with E-state index in [4.69, 9.17) is 17.0 Å². The molecule has 0 atom stereocenters. The molecule has 0 radical (unpaired) electrons. The van der Waals surface area contributed by atoms with Gasteiger partial charge in [-0.05, 0) is 48.6 Å². The summed E-state index contributed by atoms with van der Waals surface area (Å²) >= 11 is 6.80. The fourth-order valence-electron chi connectivity index (χ4n) is 2.35. The Morgan fingerprint density at radius 3 is 2.61 bits per heavy atom. The Balaban J connectivity index is 1.87. The molecule has 0 aliphatic rings. The molecule has 114 valence electrons. The molecule has 0 spiro atoms. The number of nitrogens with one attached hydrogen (secondary N) is 1. The molecule has 5 nitrogen and oxygen atoms in total. The zero-order chi connectivity index (χ0) is 15.8. The second-order valence-corrected chi connectivity index (χ2v) is 6.28. The highest BCUT2D eigenvalue weighted by atomic mass is 32.1. The van der Waals surface area contributed by atoms with Crippen LogP contribution in [0.3, 0.4) is 0 Å². The van der Waals surface area contributed by atoms with Crippen LogP contribution >= 0.6 is 23.6 Å². The molecule has 2 aromatic heterocycles. The van der Waals surface area contributed by atoms with Gasteiger partial charge in [0.2, 0.25) is 9.90 Å². The first-order valence-electron chi connectivity index (χ1n) is 6.94. The van der Waals surface area contributed by atoms with Gasteiger partial charge in [-0.2, -0.15) is 4.98 Å². The largest absolute Gasteiger partial charge is 0.497 e. The Morgan fingerprint density at radius 1 is 1.09 bits per heavy atom. The van der Waals surface area contributed by atoms with Crippen molar-refractivity contribution in [2.75, 3.05) is 7.11 Å². The normalized spacial score (nSPS) is 11.0. The Kier molecular flexibility index (Phi) is 3.44. The van der Waals surface area contributed by atoms with Gasteiger partial charge in [-0.15, -0.1) is 0 Å². The minimum absolute atomic E-state index is 0.426. The summed E-state index contributed by atoms with van der Waals surface area (Å²) in [6.45, 7) is 0. The summed E-state index contributed by atoms with van der Waals surface area (Å²) < 4.78 is 8.57. The van der Waals surface area contributed by atoms with Gasteiger partial charge in [0.25, 0.3) is 0 Å². The van der Waals surface area contributed by atoms with Crippen molar-refractivity contribution in [1.29, 1.82) is 0 Å². The number of methoxy groups -OCH3 is 1. The summed E-state index contributed by atoms with van der Waals surface area (Å²) in [7, 11) is 1.65. The zero-order valence-electron chi connectivity index (χ0n) is 12.2. The molecule has 0 fully saturated rings. The minimum atomic E-state index is 0.426. The Hall–Kier alpha value is -2.51. The molecule has 0 amide bonds. The number of nitrogens with zero attached hydrogens (tertiary/aromatic N) is 3. The highest BCUT2D eigenvalue weighted by Crippen LogP contribution is 2.28. The van der Waals surface area contributed by atoms with E-state index in [0.717, 1.165) is 32.5 Å². The van der Waals surface area contributed by atoms with Crippen molar-refractivity contribution in [3.63, 3.8) is 0 Å². The predicted molar refractivity (Wildman–Crippen MR) is 93.9 cm³/mol. The molecule has 4 aromatic rings. The van der Waals surface area contributed by atoms with Crippen molar-refractivity contribution < 1.29 is 4.74 Å². The molecule has 0 aliphatic carbocycles. The van der Waals surface area contributed by atoms with Gasteiger partial charge in [0.1, 0.15) is 5.75 Å². The maximum atomic E-state index is 5.21. The van der Waals surface area contributed by atoms with Crippen molar-refractivity contribution in [3.8, 4) is 22.3 Å². The summed E-state index contributed by atoms with van der Waals surface area (Å²) in [4.78, 5) is 9.09. The van der Waals surface area contributed by atoms with Gasteiger partial charge < -0.3 is 4.74 Å². The van der Waals surface area contributed by atoms with Crippen LogP contribution in [0.1, 0.15) is 0 Å². The number of thiazole rings is 1. The maximum Gasteiger partial charge on any atom is 0.214 e. The molecule has 0 saturated heterocycles. The van der Waals surface area contributed by atoms with Crippen LogP contribution in [0.5, 0.6) is 5.75 Å². The lowest BCUT2D eigenvalue weighted by Gasteiger charge is -2.04. The van der Waals surface area contributed by atoms with Crippen LogP contribution in [0.25, 0.3) is 26.7 Å². The third-order valence-electron chi connectivity index (χ3n) is 3.45. The van der Waals surface area contributed by atoms with Crippen LogP contribution in [0.15, 0.2) is 48.5 Å². The van der Waals surface area contributed by atoms with E-state index in [1.165, 1.54) is 0 Å². The van der Waals surface area contributed by atoms with Gasteiger partial charge >= 0.3 is 0 Å². The molecule has 1 N–H and O–H groups in total. The van der Waals surface area contributed by atoms with Crippen molar-refractivity contribution in [2.45, 2.75) is 0 Å². The first kappa shape index (κ1) is 14.1. The quantitative estimate of drug-likeness (QED) is 0.568. The van der Waals surface area contributed by atoms with E-state index in [9.17, 15) is 0 Å². The van der Waals surface area contributed by atoms with E-state index < -0.39 is 0 Å². The maximum absolute atomic E-state index is 5.21. The Morgan fingerprint density at radius 2 is 1.87 bits per heavy atom. The molecule has 2 heterocycles. The third-order valence-corrected chi connectivity index (χ3v) is 4.65. The number of fused-ring (bicyclic) bond motifs is 1. The molecular formula is C16H12N4OS2. The van der Waals surface area contributed by atoms with Crippen molar-refractivity contribution >= 4 is 33.8 Å². The number of ether oxygens (including phenoxy) is 1. The lowest BCUT2D eigenvalue weighted by atomic mass is 10.2. The van der Waals surface area contributed by atoms with Crippen LogP contribution in [0.2, 0.25) is 0 Å². The molecule has 23 heavy (non-hydrogen) atoms. The van der Waals surface area contributed by atoms with Crippen LogP contribution in [0, 0.1) is 4.77 Å². The average molecular weight is 340 g/mol. The molecule has 0 saturated carbocycles. The first-order chi connectivity index (χ1) is 11.2. The molecule has 2 aromatic carbocycles. The van der Waals surface area contributed by atoms with E-state index in [2.05, 4.69) is 21.1 Å². The lowest BCUT2D eigenvalue weighted by molar-refractivity contribution is 0.415. The van der Waals surface area contributed by atoms with Crippen molar-refractivity contribution in [2.24, 2.45) is 0 Å². The molecule has 7 heteroatoms. The summed E-state index contributed by atoms with van der Waals surface area (Å²) in [5.41, 5.74) is 1.90. The van der Waals surface area contributed by atoms with Crippen molar-refractivity contribution in [1.82, 2.24) is 19.7 Å². The van der Waals surface area contributed by atoms with Gasteiger partial charge in [0.05, 0.1) is 17.3 Å². The van der Waals surface area contributed by atoms with Crippen LogP contribution in [0.4, 0.5) is 0 Å². The van der Waals surface area contributed by atoms with E-state index in [1.807, 2.05) is 47.1 Å². The van der Waals surface area contributed by atoms with Crippen molar-refractivity contribution in [3.05, 3.63) is 53.3 Å². The standard InChI is InChI=1S/C16H12N4OS2/c1-21-11-8-6-10(7-9-11)14-18-15(22)19-20(14)16-17-12-4-2-3-5-13(12)23-16/h2-9H,1H3,(H,19,22). The van der Waals surface area contributed by atoms with Crippen LogP contribution in [-0.2, 0) is 0 Å². The first-order valence-corrected chi connectivity index (χ1v) is 8.16. The second kappa shape index (κ2) is 5.60. The number of benzene rings is 2. The number of aromatic nitrogens is 4.